The average molecular weight is 235 g/mol. The topological polar surface area (TPSA) is 27.8 Å². The summed E-state index contributed by atoms with van der Waals surface area (Å²) in [6.07, 6.45) is 1.93. The van der Waals surface area contributed by atoms with Gasteiger partial charge >= 0.3 is 0 Å². The van der Waals surface area contributed by atoms with E-state index in [0.717, 1.165) is 17.1 Å². The zero-order chi connectivity index (χ0) is 11.4. The van der Waals surface area contributed by atoms with E-state index in [4.69, 9.17) is 11.6 Å². The molecule has 0 saturated carbocycles. The number of nitrogens with one attached hydrogen (secondary N) is 2. The molecule has 3 heteroatoms. The minimum absolute atomic E-state index is 0.247. The fourth-order valence-corrected chi connectivity index (χ4v) is 1.98. The first kappa shape index (κ1) is 11.2. The fourth-order valence-electron chi connectivity index (χ4n) is 1.68. The number of hydrogen-bond donors (Lipinski definition) is 2. The van der Waals surface area contributed by atoms with Crippen LogP contribution in [0.25, 0.3) is 0 Å². The molecule has 16 heavy (non-hydrogen) atoms. The largest absolute Gasteiger partial charge is 0.364 e. The molecule has 0 fully saturated rings. The third kappa shape index (κ3) is 2.65. The standard InChI is InChI=1S/C13H15ClN2/c1-10(12-6-2-3-7-13(12)14)16-9-11-5-4-8-15-11/h2-8,10,15-16H,9H2,1H3/t10-/m0/s1. The minimum atomic E-state index is 0.247. The van der Waals surface area contributed by atoms with Crippen molar-refractivity contribution in [3.05, 3.63) is 58.9 Å². The highest BCUT2D eigenvalue weighted by Crippen LogP contribution is 2.22. The Morgan fingerprint density at radius 2 is 2.06 bits per heavy atom. The predicted octanol–water partition coefficient (Wildman–Crippen LogP) is 3.52. The van der Waals surface area contributed by atoms with Crippen LogP contribution in [0.3, 0.4) is 0 Å². The third-order valence-corrected chi connectivity index (χ3v) is 2.98. The highest BCUT2D eigenvalue weighted by atomic mass is 35.5. The number of benzene rings is 1. The van der Waals surface area contributed by atoms with Crippen molar-refractivity contribution < 1.29 is 0 Å². The molecule has 0 aliphatic carbocycles. The van der Waals surface area contributed by atoms with E-state index in [0.29, 0.717) is 0 Å². The van der Waals surface area contributed by atoms with Gasteiger partial charge in [-0.15, -0.1) is 0 Å². The van der Waals surface area contributed by atoms with Crippen LogP contribution in [-0.4, -0.2) is 4.98 Å². The minimum Gasteiger partial charge on any atom is -0.364 e. The molecular weight excluding hydrogens is 220 g/mol. The molecule has 2 aromatic rings. The summed E-state index contributed by atoms with van der Waals surface area (Å²) in [5, 5.41) is 4.24. The summed E-state index contributed by atoms with van der Waals surface area (Å²) in [7, 11) is 0. The van der Waals surface area contributed by atoms with Crippen LogP contribution in [0.5, 0.6) is 0 Å². The summed E-state index contributed by atoms with van der Waals surface area (Å²) in [6, 6.07) is 12.2. The summed E-state index contributed by atoms with van der Waals surface area (Å²) < 4.78 is 0. The molecule has 1 heterocycles. The van der Waals surface area contributed by atoms with Crippen LogP contribution in [0.4, 0.5) is 0 Å². The van der Waals surface area contributed by atoms with Crippen molar-refractivity contribution in [1.29, 1.82) is 0 Å². The maximum Gasteiger partial charge on any atom is 0.0453 e. The second-order valence-corrected chi connectivity index (χ2v) is 4.23. The number of aromatic amines is 1. The number of hydrogen-bond acceptors (Lipinski definition) is 1. The number of aromatic nitrogens is 1. The highest BCUT2D eigenvalue weighted by molar-refractivity contribution is 6.31. The lowest BCUT2D eigenvalue weighted by Crippen LogP contribution is -2.18. The Balaban J connectivity index is 1.98. The van der Waals surface area contributed by atoms with E-state index in [-0.39, 0.29) is 6.04 Å². The molecule has 0 saturated heterocycles. The fraction of sp³-hybridized carbons (Fsp3) is 0.231. The first-order valence-corrected chi connectivity index (χ1v) is 5.75. The number of H-pyrrole nitrogens is 1. The van der Waals surface area contributed by atoms with Crippen molar-refractivity contribution in [2.24, 2.45) is 0 Å². The average Bonchev–Trinajstić information content (AvgIpc) is 2.79. The van der Waals surface area contributed by atoms with Gasteiger partial charge in [0.05, 0.1) is 0 Å². The quantitative estimate of drug-likeness (QED) is 0.833. The Morgan fingerprint density at radius 1 is 1.25 bits per heavy atom. The van der Waals surface area contributed by atoms with Gasteiger partial charge in [0.2, 0.25) is 0 Å². The van der Waals surface area contributed by atoms with Crippen molar-refractivity contribution in [3.8, 4) is 0 Å². The molecule has 0 aliphatic heterocycles. The number of halogens is 1. The first-order chi connectivity index (χ1) is 7.77. The van der Waals surface area contributed by atoms with Gasteiger partial charge < -0.3 is 10.3 Å². The molecule has 2 N–H and O–H groups in total. The van der Waals surface area contributed by atoms with Crippen LogP contribution in [0.1, 0.15) is 24.2 Å². The molecule has 2 rings (SSSR count). The van der Waals surface area contributed by atoms with Crippen LogP contribution in [0.15, 0.2) is 42.6 Å². The van der Waals surface area contributed by atoms with Crippen LogP contribution in [-0.2, 0) is 6.54 Å². The Kier molecular flexibility index (Phi) is 3.65. The Morgan fingerprint density at radius 3 is 2.75 bits per heavy atom. The van der Waals surface area contributed by atoms with Crippen LogP contribution in [0.2, 0.25) is 5.02 Å². The molecule has 84 valence electrons. The van der Waals surface area contributed by atoms with Gasteiger partial charge in [-0.1, -0.05) is 29.8 Å². The van der Waals surface area contributed by atoms with E-state index >= 15 is 0 Å². The lowest BCUT2D eigenvalue weighted by Gasteiger charge is -2.15. The van der Waals surface area contributed by atoms with Crippen LogP contribution < -0.4 is 5.32 Å². The maximum atomic E-state index is 6.13. The molecule has 0 bridgehead atoms. The number of rotatable bonds is 4. The lowest BCUT2D eigenvalue weighted by atomic mass is 10.1. The highest BCUT2D eigenvalue weighted by Gasteiger charge is 2.07. The smallest absolute Gasteiger partial charge is 0.0453 e. The van der Waals surface area contributed by atoms with Crippen molar-refractivity contribution in [3.63, 3.8) is 0 Å². The molecule has 0 amide bonds. The summed E-state index contributed by atoms with van der Waals surface area (Å²) in [5.74, 6) is 0. The van der Waals surface area contributed by atoms with Gasteiger partial charge in [0.15, 0.2) is 0 Å². The third-order valence-electron chi connectivity index (χ3n) is 2.63. The van der Waals surface area contributed by atoms with E-state index in [1.54, 1.807) is 0 Å². The van der Waals surface area contributed by atoms with Gasteiger partial charge in [-0.3, -0.25) is 0 Å². The zero-order valence-electron chi connectivity index (χ0n) is 9.20. The van der Waals surface area contributed by atoms with Crippen molar-refractivity contribution in [2.45, 2.75) is 19.5 Å². The maximum absolute atomic E-state index is 6.13. The van der Waals surface area contributed by atoms with Crippen LogP contribution >= 0.6 is 11.6 Å². The van der Waals surface area contributed by atoms with Gasteiger partial charge in [0.1, 0.15) is 0 Å². The van der Waals surface area contributed by atoms with Crippen molar-refractivity contribution in [1.82, 2.24) is 10.3 Å². The summed E-state index contributed by atoms with van der Waals surface area (Å²) in [4.78, 5) is 3.16. The molecule has 1 aromatic carbocycles. The molecule has 1 atom stereocenters. The van der Waals surface area contributed by atoms with E-state index in [2.05, 4.69) is 29.4 Å². The molecule has 0 radical (unpaired) electrons. The van der Waals surface area contributed by atoms with Gasteiger partial charge in [-0.05, 0) is 30.7 Å². The normalized spacial score (nSPS) is 12.6. The van der Waals surface area contributed by atoms with E-state index in [1.807, 2.05) is 30.5 Å². The SMILES string of the molecule is C[C@H](NCc1ccc[nH]1)c1ccccc1Cl. The van der Waals surface area contributed by atoms with Gasteiger partial charge in [0.25, 0.3) is 0 Å². The molecular formula is C13H15ClN2. The van der Waals surface area contributed by atoms with E-state index < -0.39 is 0 Å². The lowest BCUT2D eigenvalue weighted by molar-refractivity contribution is 0.569. The summed E-state index contributed by atoms with van der Waals surface area (Å²) in [6.45, 7) is 2.93. The predicted molar refractivity (Wildman–Crippen MR) is 67.5 cm³/mol. The summed E-state index contributed by atoms with van der Waals surface area (Å²) >= 11 is 6.13. The van der Waals surface area contributed by atoms with Crippen molar-refractivity contribution in [2.75, 3.05) is 0 Å². The second-order valence-electron chi connectivity index (χ2n) is 3.82. The van der Waals surface area contributed by atoms with Gasteiger partial charge in [-0.25, -0.2) is 0 Å². The molecule has 2 nitrogen and oxygen atoms in total. The Bertz CT molecular complexity index is 437. The molecule has 0 aliphatic rings. The van der Waals surface area contributed by atoms with E-state index in [1.165, 1.54) is 5.69 Å². The van der Waals surface area contributed by atoms with Gasteiger partial charge in [-0.2, -0.15) is 0 Å². The van der Waals surface area contributed by atoms with Gasteiger partial charge in [0, 0.05) is 29.5 Å². The summed E-state index contributed by atoms with van der Waals surface area (Å²) in [5.41, 5.74) is 2.31. The Labute approximate surface area is 101 Å². The monoisotopic (exact) mass is 234 g/mol. The van der Waals surface area contributed by atoms with E-state index in [9.17, 15) is 0 Å². The molecule has 1 aromatic heterocycles. The molecule has 0 spiro atoms. The first-order valence-electron chi connectivity index (χ1n) is 5.37. The Hall–Kier alpha value is -1.25. The zero-order valence-corrected chi connectivity index (χ0v) is 9.96. The van der Waals surface area contributed by atoms with Crippen molar-refractivity contribution >= 4 is 11.6 Å². The second kappa shape index (κ2) is 5.19. The molecule has 0 unspecified atom stereocenters. The van der Waals surface area contributed by atoms with Crippen LogP contribution in [0, 0.1) is 0 Å².